The molecule has 0 radical (unpaired) electrons. The van der Waals surface area contributed by atoms with Gasteiger partial charge in [0.2, 0.25) is 0 Å². The first-order valence-corrected chi connectivity index (χ1v) is 5.74. The summed E-state index contributed by atoms with van der Waals surface area (Å²) in [6, 6.07) is 5.68. The number of rotatable bonds is 3. The smallest absolute Gasteiger partial charge is 0.182 e. The molecule has 0 fully saturated rings. The molecule has 1 N–H and O–H groups in total. The SMILES string of the molecule is COCCn1c(=N)sc2cc(Cl)ccc21. The van der Waals surface area contributed by atoms with Gasteiger partial charge in [-0.1, -0.05) is 22.9 Å². The summed E-state index contributed by atoms with van der Waals surface area (Å²) in [5.41, 5.74) is 1.05. The number of fused-ring (bicyclic) bond motifs is 1. The van der Waals surface area contributed by atoms with Crippen LogP contribution in [0.15, 0.2) is 18.2 Å². The number of nitrogens with zero attached hydrogens (tertiary/aromatic N) is 1. The molecule has 0 aliphatic carbocycles. The second-order valence-corrected chi connectivity index (χ2v) is 4.63. The molecule has 2 aromatic rings. The van der Waals surface area contributed by atoms with Crippen LogP contribution in [0.3, 0.4) is 0 Å². The lowest BCUT2D eigenvalue weighted by Gasteiger charge is -2.03. The Morgan fingerprint density at radius 1 is 1.53 bits per heavy atom. The Kier molecular flexibility index (Phi) is 3.09. The van der Waals surface area contributed by atoms with E-state index in [9.17, 15) is 0 Å². The van der Waals surface area contributed by atoms with Gasteiger partial charge >= 0.3 is 0 Å². The van der Waals surface area contributed by atoms with E-state index in [-0.39, 0.29) is 0 Å². The molecule has 0 saturated heterocycles. The van der Waals surface area contributed by atoms with Gasteiger partial charge in [-0.15, -0.1) is 0 Å². The van der Waals surface area contributed by atoms with Gasteiger partial charge in [-0.2, -0.15) is 0 Å². The molecule has 5 heteroatoms. The lowest BCUT2D eigenvalue weighted by Crippen LogP contribution is -2.15. The summed E-state index contributed by atoms with van der Waals surface area (Å²) in [6.07, 6.45) is 0. The van der Waals surface area contributed by atoms with Crippen LogP contribution in [0.25, 0.3) is 10.2 Å². The van der Waals surface area contributed by atoms with Gasteiger partial charge in [-0.05, 0) is 18.2 Å². The monoisotopic (exact) mass is 242 g/mol. The van der Waals surface area contributed by atoms with Crippen LogP contribution in [0, 0.1) is 5.41 Å². The molecule has 0 unspecified atom stereocenters. The first kappa shape index (κ1) is 10.7. The Hall–Kier alpha value is -0.840. The summed E-state index contributed by atoms with van der Waals surface area (Å²) in [5.74, 6) is 0. The molecule has 0 amide bonds. The minimum Gasteiger partial charge on any atom is -0.383 e. The van der Waals surface area contributed by atoms with E-state index in [0.29, 0.717) is 23.0 Å². The summed E-state index contributed by atoms with van der Waals surface area (Å²) >= 11 is 7.33. The first-order chi connectivity index (χ1) is 7.22. The minimum absolute atomic E-state index is 0.532. The van der Waals surface area contributed by atoms with Crippen molar-refractivity contribution in [3.05, 3.63) is 28.0 Å². The van der Waals surface area contributed by atoms with Crippen molar-refractivity contribution >= 4 is 33.2 Å². The van der Waals surface area contributed by atoms with E-state index in [0.717, 1.165) is 10.2 Å². The van der Waals surface area contributed by atoms with Crippen molar-refractivity contribution in [3.63, 3.8) is 0 Å². The Bertz CT molecular complexity index is 532. The molecule has 0 bridgehead atoms. The van der Waals surface area contributed by atoms with Crippen LogP contribution < -0.4 is 4.80 Å². The summed E-state index contributed by atoms with van der Waals surface area (Å²) in [7, 11) is 1.66. The van der Waals surface area contributed by atoms with Crippen LogP contribution in [-0.2, 0) is 11.3 Å². The fourth-order valence-electron chi connectivity index (χ4n) is 1.47. The summed E-state index contributed by atoms with van der Waals surface area (Å²) in [6.45, 7) is 1.32. The van der Waals surface area contributed by atoms with Crippen LogP contribution in [-0.4, -0.2) is 18.3 Å². The second-order valence-electron chi connectivity index (χ2n) is 3.16. The molecule has 15 heavy (non-hydrogen) atoms. The number of methoxy groups -OCH3 is 1. The standard InChI is InChI=1S/C10H11ClN2OS/c1-14-5-4-13-8-3-2-7(11)6-9(8)15-10(13)12/h2-3,6,12H,4-5H2,1H3. The summed E-state index contributed by atoms with van der Waals surface area (Å²) < 4.78 is 7.99. The van der Waals surface area contributed by atoms with Crippen molar-refractivity contribution in [2.75, 3.05) is 13.7 Å². The van der Waals surface area contributed by atoms with Crippen molar-refractivity contribution in [1.29, 1.82) is 5.41 Å². The minimum atomic E-state index is 0.532. The molecule has 0 aliphatic heterocycles. The third kappa shape index (κ3) is 2.07. The van der Waals surface area contributed by atoms with E-state index in [1.807, 2.05) is 22.8 Å². The average Bonchev–Trinajstić information content (AvgIpc) is 2.50. The molecule has 2 rings (SSSR count). The number of ether oxygens (including phenoxy) is 1. The van der Waals surface area contributed by atoms with Crippen LogP contribution >= 0.6 is 22.9 Å². The topological polar surface area (TPSA) is 38.0 Å². The highest BCUT2D eigenvalue weighted by Gasteiger charge is 2.04. The largest absolute Gasteiger partial charge is 0.383 e. The predicted molar refractivity (Wildman–Crippen MR) is 62.6 cm³/mol. The third-order valence-electron chi connectivity index (χ3n) is 2.18. The summed E-state index contributed by atoms with van der Waals surface area (Å²) in [5, 5.41) is 8.54. The fourth-order valence-corrected chi connectivity index (χ4v) is 2.68. The number of benzene rings is 1. The van der Waals surface area contributed by atoms with Crippen molar-refractivity contribution in [2.45, 2.75) is 6.54 Å². The predicted octanol–water partition coefficient (Wildman–Crippen LogP) is 2.48. The van der Waals surface area contributed by atoms with Gasteiger partial charge in [0.25, 0.3) is 0 Å². The van der Waals surface area contributed by atoms with E-state index in [2.05, 4.69) is 0 Å². The maximum atomic E-state index is 7.83. The van der Waals surface area contributed by atoms with Gasteiger partial charge in [-0.3, -0.25) is 5.41 Å². The highest BCUT2D eigenvalue weighted by molar-refractivity contribution is 7.16. The molecule has 1 aromatic heterocycles. The van der Waals surface area contributed by atoms with Crippen molar-refractivity contribution in [1.82, 2.24) is 4.57 Å². The molecule has 0 spiro atoms. The lowest BCUT2D eigenvalue weighted by atomic mass is 10.3. The molecule has 1 aromatic carbocycles. The lowest BCUT2D eigenvalue weighted by molar-refractivity contribution is 0.187. The Morgan fingerprint density at radius 2 is 2.33 bits per heavy atom. The molecule has 1 heterocycles. The Labute approximate surface area is 96.4 Å². The highest BCUT2D eigenvalue weighted by atomic mass is 35.5. The van der Waals surface area contributed by atoms with Crippen LogP contribution in [0.2, 0.25) is 5.02 Å². The first-order valence-electron chi connectivity index (χ1n) is 4.55. The van der Waals surface area contributed by atoms with Gasteiger partial charge in [0, 0.05) is 18.7 Å². The summed E-state index contributed by atoms with van der Waals surface area (Å²) in [4.78, 5) is 0.532. The van der Waals surface area contributed by atoms with Crippen molar-refractivity contribution in [2.24, 2.45) is 0 Å². The van der Waals surface area contributed by atoms with E-state index >= 15 is 0 Å². The molecule has 3 nitrogen and oxygen atoms in total. The molecule has 0 saturated carbocycles. The maximum absolute atomic E-state index is 7.83. The van der Waals surface area contributed by atoms with Gasteiger partial charge in [0.15, 0.2) is 4.80 Å². The van der Waals surface area contributed by atoms with Gasteiger partial charge < -0.3 is 9.30 Å². The molecule has 0 atom stereocenters. The molecule has 0 aliphatic rings. The number of hydrogen-bond donors (Lipinski definition) is 1. The fraction of sp³-hybridized carbons (Fsp3) is 0.300. The highest BCUT2D eigenvalue weighted by Crippen LogP contribution is 2.21. The number of halogens is 1. The van der Waals surface area contributed by atoms with Gasteiger partial charge in [0.05, 0.1) is 16.8 Å². The van der Waals surface area contributed by atoms with E-state index in [1.165, 1.54) is 11.3 Å². The van der Waals surface area contributed by atoms with E-state index in [4.69, 9.17) is 21.7 Å². The molecular weight excluding hydrogens is 232 g/mol. The van der Waals surface area contributed by atoms with Crippen molar-refractivity contribution in [3.8, 4) is 0 Å². The molecule has 80 valence electrons. The zero-order chi connectivity index (χ0) is 10.8. The van der Waals surface area contributed by atoms with Gasteiger partial charge in [-0.25, -0.2) is 0 Å². The quantitative estimate of drug-likeness (QED) is 0.882. The van der Waals surface area contributed by atoms with Crippen LogP contribution in [0.5, 0.6) is 0 Å². The zero-order valence-electron chi connectivity index (χ0n) is 8.29. The maximum Gasteiger partial charge on any atom is 0.182 e. The van der Waals surface area contributed by atoms with E-state index < -0.39 is 0 Å². The van der Waals surface area contributed by atoms with Gasteiger partial charge in [0.1, 0.15) is 0 Å². The second kappa shape index (κ2) is 4.35. The van der Waals surface area contributed by atoms with Crippen molar-refractivity contribution < 1.29 is 4.74 Å². The van der Waals surface area contributed by atoms with Crippen LogP contribution in [0.1, 0.15) is 0 Å². The Balaban J connectivity index is 2.53. The number of hydrogen-bond acceptors (Lipinski definition) is 3. The number of nitrogens with one attached hydrogen (secondary N) is 1. The third-order valence-corrected chi connectivity index (χ3v) is 3.38. The van der Waals surface area contributed by atoms with E-state index in [1.54, 1.807) is 7.11 Å². The zero-order valence-corrected chi connectivity index (χ0v) is 9.86. The molecular formula is C10H11ClN2OS. The average molecular weight is 243 g/mol. The number of aromatic nitrogens is 1. The Morgan fingerprint density at radius 3 is 3.07 bits per heavy atom. The number of thiazole rings is 1. The van der Waals surface area contributed by atoms with Crippen LogP contribution in [0.4, 0.5) is 0 Å². The normalized spacial score (nSPS) is 11.1.